The lowest BCUT2D eigenvalue weighted by Gasteiger charge is -2.31. The van der Waals surface area contributed by atoms with Gasteiger partial charge in [-0.2, -0.15) is 0 Å². The summed E-state index contributed by atoms with van der Waals surface area (Å²) in [6.45, 7) is -0.101. The van der Waals surface area contributed by atoms with Gasteiger partial charge in [-0.25, -0.2) is 9.59 Å². The van der Waals surface area contributed by atoms with Gasteiger partial charge in [-0.15, -0.1) is 0 Å². The maximum Gasteiger partial charge on any atom is 0.355 e. The number of methoxy groups -OCH3 is 3. The third-order valence-electron chi connectivity index (χ3n) is 3.80. The van der Waals surface area contributed by atoms with Crippen molar-refractivity contribution in [1.82, 2.24) is 5.32 Å². The molecule has 2 rings (SSSR count). The topological polar surface area (TPSA) is 103 Å². The molecule has 0 fully saturated rings. The van der Waals surface area contributed by atoms with Crippen LogP contribution in [0.25, 0.3) is 0 Å². The Morgan fingerprint density at radius 1 is 1.12 bits per heavy atom. The van der Waals surface area contributed by atoms with E-state index in [1.165, 1.54) is 39.3 Å². The van der Waals surface area contributed by atoms with E-state index in [0.29, 0.717) is 11.4 Å². The highest BCUT2D eigenvalue weighted by Gasteiger charge is 2.32. The van der Waals surface area contributed by atoms with Crippen molar-refractivity contribution in [1.29, 1.82) is 0 Å². The molecule has 1 aliphatic heterocycles. The molecule has 26 heavy (non-hydrogen) atoms. The quantitative estimate of drug-likeness (QED) is 0.751. The van der Waals surface area contributed by atoms with Gasteiger partial charge in [-0.3, -0.25) is 4.79 Å². The van der Waals surface area contributed by atoms with E-state index >= 15 is 0 Å². The second kappa shape index (κ2) is 8.34. The maximum atomic E-state index is 12.3. The standard InChI is InChI=1S/C17H20N2O7/c1-18-15(20)11-7-10(5-6-13(11)23-2)19-9-26-8-12(16(21)24-3)14(19)17(22)25-4/h5-7H,8-9H2,1-4H3,(H,18,20). The summed E-state index contributed by atoms with van der Waals surface area (Å²) in [5.74, 6) is -1.41. The normalized spacial score (nSPS) is 13.9. The molecule has 1 aromatic rings. The zero-order valence-electron chi connectivity index (χ0n) is 15.0. The fourth-order valence-electron chi connectivity index (χ4n) is 2.52. The van der Waals surface area contributed by atoms with Crippen LogP contribution >= 0.6 is 0 Å². The predicted octanol–water partition coefficient (Wildman–Crippen LogP) is 0.449. The van der Waals surface area contributed by atoms with E-state index < -0.39 is 11.9 Å². The average Bonchev–Trinajstić information content (AvgIpc) is 2.70. The Hall–Kier alpha value is -3.07. The van der Waals surface area contributed by atoms with Crippen LogP contribution < -0.4 is 15.0 Å². The van der Waals surface area contributed by atoms with E-state index in [0.717, 1.165) is 0 Å². The second-order valence-electron chi connectivity index (χ2n) is 5.18. The molecular formula is C17H20N2O7. The third-order valence-corrected chi connectivity index (χ3v) is 3.80. The molecule has 0 spiro atoms. The molecule has 140 valence electrons. The lowest BCUT2D eigenvalue weighted by molar-refractivity contribution is -0.140. The molecule has 0 radical (unpaired) electrons. The number of benzene rings is 1. The number of rotatable bonds is 5. The first-order valence-electron chi connectivity index (χ1n) is 7.63. The van der Waals surface area contributed by atoms with Gasteiger partial charge in [0.2, 0.25) is 0 Å². The zero-order valence-corrected chi connectivity index (χ0v) is 15.0. The van der Waals surface area contributed by atoms with Crippen LogP contribution in [0.2, 0.25) is 0 Å². The van der Waals surface area contributed by atoms with Crippen LogP contribution in [0.15, 0.2) is 29.5 Å². The fourth-order valence-corrected chi connectivity index (χ4v) is 2.52. The summed E-state index contributed by atoms with van der Waals surface area (Å²) in [6, 6.07) is 4.75. The van der Waals surface area contributed by atoms with Gasteiger partial charge in [-0.05, 0) is 18.2 Å². The Bertz CT molecular complexity index is 757. The maximum absolute atomic E-state index is 12.3. The summed E-state index contributed by atoms with van der Waals surface area (Å²) in [6.07, 6.45) is 0. The molecule has 1 aromatic carbocycles. The molecule has 0 bridgehead atoms. The minimum absolute atomic E-state index is 0.00127. The number of nitrogens with zero attached hydrogens (tertiary/aromatic N) is 1. The van der Waals surface area contributed by atoms with Crippen molar-refractivity contribution in [2.45, 2.75) is 0 Å². The van der Waals surface area contributed by atoms with Gasteiger partial charge < -0.3 is 29.2 Å². The Kier molecular flexibility index (Phi) is 6.18. The van der Waals surface area contributed by atoms with Crippen LogP contribution in [-0.4, -0.2) is 59.6 Å². The largest absolute Gasteiger partial charge is 0.496 e. The van der Waals surface area contributed by atoms with Gasteiger partial charge >= 0.3 is 11.9 Å². The number of esters is 2. The van der Waals surface area contributed by atoms with Crippen LogP contribution in [0.5, 0.6) is 5.75 Å². The number of carbonyl (C=O) groups is 3. The summed E-state index contributed by atoms with van der Waals surface area (Å²) in [5, 5.41) is 2.52. The summed E-state index contributed by atoms with van der Waals surface area (Å²) in [7, 11) is 5.36. The molecule has 1 N–H and O–H groups in total. The monoisotopic (exact) mass is 364 g/mol. The van der Waals surface area contributed by atoms with Crippen molar-refractivity contribution >= 4 is 23.5 Å². The van der Waals surface area contributed by atoms with Crippen molar-refractivity contribution in [2.75, 3.05) is 46.6 Å². The van der Waals surface area contributed by atoms with Crippen molar-refractivity contribution in [3.05, 3.63) is 35.0 Å². The third kappa shape index (κ3) is 3.62. The number of anilines is 1. The number of ether oxygens (including phenoxy) is 4. The number of hydrogen-bond acceptors (Lipinski definition) is 8. The van der Waals surface area contributed by atoms with Crippen molar-refractivity contribution in [2.24, 2.45) is 0 Å². The molecule has 9 heteroatoms. The highest BCUT2D eigenvalue weighted by Crippen LogP contribution is 2.30. The van der Waals surface area contributed by atoms with Gasteiger partial charge in [0.25, 0.3) is 5.91 Å². The van der Waals surface area contributed by atoms with Gasteiger partial charge in [0.05, 0.1) is 39.1 Å². The summed E-state index contributed by atoms with van der Waals surface area (Å²) in [4.78, 5) is 37.8. The minimum Gasteiger partial charge on any atom is -0.496 e. The van der Waals surface area contributed by atoms with E-state index in [-0.39, 0.29) is 36.1 Å². The number of amides is 1. The Morgan fingerprint density at radius 2 is 1.81 bits per heavy atom. The van der Waals surface area contributed by atoms with E-state index in [4.69, 9.17) is 18.9 Å². The zero-order chi connectivity index (χ0) is 19.3. The first-order valence-corrected chi connectivity index (χ1v) is 7.63. The Morgan fingerprint density at radius 3 is 2.38 bits per heavy atom. The average molecular weight is 364 g/mol. The SMILES string of the molecule is CNC(=O)c1cc(N2COCC(C(=O)OC)=C2C(=O)OC)ccc1OC. The number of hydrogen-bond donors (Lipinski definition) is 1. The molecular weight excluding hydrogens is 344 g/mol. The molecule has 0 saturated carbocycles. The van der Waals surface area contributed by atoms with Gasteiger partial charge in [0.15, 0.2) is 0 Å². The van der Waals surface area contributed by atoms with Crippen LogP contribution in [0.1, 0.15) is 10.4 Å². The lowest BCUT2D eigenvalue weighted by Crippen LogP contribution is -2.39. The molecule has 0 atom stereocenters. The van der Waals surface area contributed by atoms with E-state index in [1.807, 2.05) is 0 Å². The van der Waals surface area contributed by atoms with Crippen molar-refractivity contribution in [3.63, 3.8) is 0 Å². The summed E-state index contributed by atoms with van der Waals surface area (Å²) >= 11 is 0. The van der Waals surface area contributed by atoms with Crippen LogP contribution in [0.3, 0.4) is 0 Å². The Labute approximate surface area is 150 Å². The van der Waals surface area contributed by atoms with Crippen molar-refractivity contribution in [3.8, 4) is 5.75 Å². The first-order chi connectivity index (χ1) is 12.5. The fraction of sp³-hybridized carbons (Fsp3) is 0.353. The minimum atomic E-state index is -0.717. The van der Waals surface area contributed by atoms with Crippen molar-refractivity contribution < 1.29 is 33.3 Å². The highest BCUT2D eigenvalue weighted by molar-refractivity contribution is 6.04. The highest BCUT2D eigenvalue weighted by atomic mass is 16.5. The predicted molar refractivity (Wildman–Crippen MR) is 90.7 cm³/mol. The molecule has 1 aliphatic rings. The second-order valence-corrected chi connectivity index (χ2v) is 5.18. The molecule has 0 unspecified atom stereocenters. The Balaban J connectivity index is 2.59. The first kappa shape index (κ1) is 19.3. The number of carbonyl (C=O) groups excluding carboxylic acids is 3. The molecule has 1 heterocycles. The smallest absolute Gasteiger partial charge is 0.355 e. The molecule has 0 aromatic heterocycles. The van der Waals surface area contributed by atoms with E-state index in [2.05, 4.69) is 5.32 Å². The molecule has 9 nitrogen and oxygen atoms in total. The molecule has 0 aliphatic carbocycles. The summed E-state index contributed by atoms with van der Waals surface area (Å²) in [5.41, 5.74) is 0.745. The van der Waals surface area contributed by atoms with Gasteiger partial charge in [0.1, 0.15) is 18.2 Å². The van der Waals surface area contributed by atoms with Crippen LogP contribution in [0.4, 0.5) is 5.69 Å². The summed E-state index contributed by atoms with van der Waals surface area (Å²) < 4.78 is 20.1. The van der Waals surface area contributed by atoms with E-state index in [1.54, 1.807) is 12.1 Å². The van der Waals surface area contributed by atoms with Crippen LogP contribution in [0, 0.1) is 0 Å². The molecule has 0 saturated heterocycles. The van der Waals surface area contributed by atoms with Crippen LogP contribution in [-0.2, 0) is 23.8 Å². The van der Waals surface area contributed by atoms with E-state index in [9.17, 15) is 14.4 Å². The lowest BCUT2D eigenvalue weighted by atomic mass is 10.1. The van der Waals surface area contributed by atoms with Gasteiger partial charge in [-0.1, -0.05) is 0 Å². The molecule has 1 amide bonds. The van der Waals surface area contributed by atoms with Gasteiger partial charge in [0, 0.05) is 12.7 Å². The number of nitrogens with one attached hydrogen (secondary N) is 1.